The molecule has 0 atom stereocenters. The van der Waals surface area contributed by atoms with Crippen molar-refractivity contribution in [1.29, 1.82) is 0 Å². The molecule has 0 spiro atoms. The maximum atomic E-state index is 12.7. The lowest BCUT2D eigenvalue weighted by Gasteiger charge is -2.35. The van der Waals surface area contributed by atoms with Crippen molar-refractivity contribution in [2.45, 2.75) is 6.92 Å². The number of carbonyl (C=O) groups excluding carboxylic acids is 1. The van der Waals surface area contributed by atoms with Crippen LogP contribution in [0.3, 0.4) is 0 Å². The van der Waals surface area contributed by atoms with E-state index >= 15 is 0 Å². The van der Waals surface area contributed by atoms with Gasteiger partial charge < -0.3 is 15.1 Å². The van der Waals surface area contributed by atoms with Crippen LogP contribution in [0, 0.1) is 6.92 Å². The zero-order valence-electron chi connectivity index (χ0n) is 16.0. The summed E-state index contributed by atoms with van der Waals surface area (Å²) in [5, 5.41) is 11.8. The first-order valence-corrected chi connectivity index (χ1v) is 10.2. The average Bonchev–Trinajstić information content (AvgIpc) is 2.74. The summed E-state index contributed by atoms with van der Waals surface area (Å²) in [4.78, 5) is 21.0. The number of halogens is 1. The molecule has 3 aromatic rings. The zero-order chi connectivity index (χ0) is 20.2. The summed E-state index contributed by atoms with van der Waals surface area (Å²) >= 11 is 3.42. The Hall–Kier alpha value is -3.00. The van der Waals surface area contributed by atoms with Crippen LogP contribution in [0.1, 0.15) is 15.9 Å². The van der Waals surface area contributed by atoms with Gasteiger partial charge in [-0.2, -0.15) is 0 Å². The third kappa shape index (κ3) is 4.71. The van der Waals surface area contributed by atoms with Gasteiger partial charge in [0.1, 0.15) is 5.82 Å². The zero-order valence-corrected chi connectivity index (χ0v) is 17.6. The number of aryl methyl sites for hydroxylation is 1. The highest BCUT2D eigenvalue weighted by Gasteiger charge is 2.23. The topological polar surface area (TPSA) is 74.2 Å². The lowest BCUT2D eigenvalue weighted by Crippen LogP contribution is -2.49. The largest absolute Gasteiger partial charge is 0.352 e. The molecule has 0 aliphatic carbocycles. The molecule has 1 aromatic carbocycles. The van der Waals surface area contributed by atoms with E-state index in [1.165, 1.54) is 0 Å². The smallest absolute Gasteiger partial charge is 0.254 e. The number of anilines is 3. The number of amides is 1. The number of piperazine rings is 1. The SMILES string of the molecule is Cc1ccnc(Nc2ccc(N3CCN(C(=O)c4cccc(Br)c4)CC3)nn2)c1. The van der Waals surface area contributed by atoms with Crippen LogP contribution in [0.5, 0.6) is 0 Å². The summed E-state index contributed by atoms with van der Waals surface area (Å²) < 4.78 is 0.909. The Kier molecular flexibility index (Phi) is 5.71. The number of hydrogen-bond donors (Lipinski definition) is 1. The number of aromatic nitrogens is 3. The number of rotatable bonds is 4. The summed E-state index contributed by atoms with van der Waals surface area (Å²) in [6.45, 7) is 4.77. The first kappa shape index (κ1) is 19.3. The Morgan fingerprint density at radius 3 is 2.52 bits per heavy atom. The van der Waals surface area contributed by atoms with Gasteiger partial charge in [-0.25, -0.2) is 4.98 Å². The number of carbonyl (C=O) groups is 1. The molecule has 1 saturated heterocycles. The highest BCUT2D eigenvalue weighted by atomic mass is 79.9. The molecule has 1 aliphatic heterocycles. The molecule has 4 rings (SSSR count). The van der Waals surface area contributed by atoms with Crippen molar-refractivity contribution in [1.82, 2.24) is 20.1 Å². The molecule has 7 nitrogen and oxygen atoms in total. The molecule has 0 radical (unpaired) electrons. The van der Waals surface area contributed by atoms with Crippen LogP contribution in [0.4, 0.5) is 17.5 Å². The number of nitrogens with one attached hydrogen (secondary N) is 1. The van der Waals surface area contributed by atoms with Crippen molar-refractivity contribution in [2.24, 2.45) is 0 Å². The van der Waals surface area contributed by atoms with E-state index in [1.54, 1.807) is 6.20 Å². The molecule has 2 aromatic heterocycles. The lowest BCUT2D eigenvalue weighted by atomic mass is 10.2. The number of benzene rings is 1. The van der Waals surface area contributed by atoms with Crippen molar-refractivity contribution >= 4 is 39.3 Å². The first-order valence-electron chi connectivity index (χ1n) is 9.42. The summed E-state index contributed by atoms with van der Waals surface area (Å²) in [7, 11) is 0. The Bertz CT molecular complexity index is 1000. The van der Waals surface area contributed by atoms with Crippen LogP contribution < -0.4 is 10.2 Å². The Morgan fingerprint density at radius 2 is 1.83 bits per heavy atom. The lowest BCUT2D eigenvalue weighted by molar-refractivity contribution is 0.0746. The van der Waals surface area contributed by atoms with Gasteiger partial charge in [0, 0.05) is 42.4 Å². The molecule has 29 heavy (non-hydrogen) atoms. The van der Waals surface area contributed by atoms with E-state index in [2.05, 4.69) is 41.3 Å². The minimum absolute atomic E-state index is 0.0576. The molecule has 0 bridgehead atoms. The molecule has 1 aliphatic rings. The fourth-order valence-electron chi connectivity index (χ4n) is 3.24. The van der Waals surface area contributed by atoms with Crippen molar-refractivity contribution in [3.05, 3.63) is 70.3 Å². The van der Waals surface area contributed by atoms with E-state index in [0.717, 1.165) is 34.8 Å². The number of nitrogens with zero attached hydrogens (tertiary/aromatic N) is 5. The molecule has 0 unspecified atom stereocenters. The second-order valence-corrected chi connectivity index (χ2v) is 7.83. The Labute approximate surface area is 177 Å². The molecule has 1 amide bonds. The molecule has 1 fully saturated rings. The van der Waals surface area contributed by atoms with Crippen LogP contribution in [0.15, 0.2) is 59.2 Å². The fourth-order valence-corrected chi connectivity index (χ4v) is 3.64. The van der Waals surface area contributed by atoms with E-state index in [9.17, 15) is 4.79 Å². The monoisotopic (exact) mass is 452 g/mol. The third-order valence-corrected chi connectivity index (χ3v) is 5.28. The van der Waals surface area contributed by atoms with Crippen molar-refractivity contribution in [2.75, 3.05) is 36.4 Å². The van der Waals surface area contributed by atoms with Crippen molar-refractivity contribution in [3.63, 3.8) is 0 Å². The molecule has 0 saturated carbocycles. The van der Waals surface area contributed by atoms with E-state index in [0.29, 0.717) is 24.5 Å². The van der Waals surface area contributed by atoms with Crippen molar-refractivity contribution in [3.8, 4) is 0 Å². The highest BCUT2D eigenvalue weighted by molar-refractivity contribution is 9.10. The van der Waals surface area contributed by atoms with Gasteiger partial charge in [0.2, 0.25) is 0 Å². The molecule has 1 N–H and O–H groups in total. The highest BCUT2D eigenvalue weighted by Crippen LogP contribution is 2.19. The van der Waals surface area contributed by atoms with E-state index < -0.39 is 0 Å². The van der Waals surface area contributed by atoms with Crippen LogP contribution in [-0.2, 0) is 0 Å². The van der Waals surface area contributed by atoms with E-state index in [-0.39, 0.29) is 5.91 Å². The van der Waals surface area contributed by atoms with Gasteiger partial charge in [0.05, 0.1) is 0 Å². The minimum Gasteiger partial charge on any atom is -0.352 e. The van der Waals surface area contributed by atoms with Gasteiger partial charge in [0.25, 0.3) is 5.91 Å². The van der Waals surface area contributed by atoms with Gasteiger partial charge in [-0.05, 0) is 55.0 Å². The van der Waals surface area contributed by atoms with E-state index in [4.69, 9.17) is 0 Å². The molecule has 148 valence electrons. The van der Waals surface area contributed by atoms with Gasteiger partial charge >= 0.3 is 0 Å². The quantitative estimate of drug-likeness (QED) is 0.650. The Morgan fingerprint density at radius 1 is 1.00 bits per heavy atom. The van der Waals surface area contributed by atoms with Gasteiger partial charge in [-0.1, -0.05) is 22.0 Å². The second kappa shape index (κ2) is 8.57. The average molecular weight is 453 g/mol. The van der Waals surface area contributed by atoms with Crippen LogP contribution >= 0.6 is 15.9 Å². The summed E-state index contributed by atoms with van der Waals surface area (Å²) in [6, 6.07) is 15.2. The van der Waals surface area contributed by atoms with Crippen LogP contribution in [-0.4, -0.2) is 52.2 Å². The summed E-state index contributed by atoms with van der Waals surface area (Å²) in [6.07, 6.45) is 1.76. The standard InChI is InChI=1S/C21H21BrN6O/c1-15-7-8-23-19(13-15)24-18-5-6-20(26-25-18)27-9-11-28(12-10-27)21(29)16-3-2-4-17(22)14-16/h2-8,13-14H,9-12H2,1H3,(H,23,24,25). The maximum Gasteiger partial charge on any atom is 0.254 e. The predicted molar refractivity (Wildman–Crippen MR) is 117 cm³/mol. The molecular formula is C21H21BrN6O. The maximum absolute atomic E-state index is 12.7. The fraction of sp³-hybridized carbons (Fsp3) is 0.238. The number of pyridine rings is 1. The first-order chi connectivity index (χ1) is 14.1. The third-order valence-electron chi connectivity index (χ3n) is 4.78. The minimum atomic E-state index is 0.0576. The van der Waals surface area contributed by atoms with Crippen LogP contribution in [0.2, 0.25) is 0 Å². The van der Waals surface area contributed by atoms with Gasteiger partial charge in [0.15, 0.2) is 11.6 Å². The van der Waals surface area contributed by atoms with Gasteiger partial charge in [-0.15, -0.1) is 10.2 Å². The summed E-state index contributed by atoms with van der Waals surface area (Å²) in [5.41, 5.74) is 1.83. The normalized spacial score (nSPS) is 14.0. The molecule has 3 heterocycles. The Balaban J connectivity index is 1.35. The van der Waals surface area contributed by atoms with Crippen LogP contribution in [0.25, 0.3) is 0 Å². The van der Waals surface area contributed by atoms with E-state index in [1.807, 2.05) is 60.4 Å². The molecule has 8 heteroatoms. The second-order valence-electron chi connectivity index (χ2n) is 6.91. The predicted octanol–water partition coefficient (Wildman–Crippen LogP) is 3.65. The van der Waals surface area contributed by atoms with Gasteiger partial charge in [-0.3, -0.25) is 4.79 Å². The summed E-state index contributed by atoms with van der Waals surface area (Å²) in [5.74, 6) is 2.26. The van der Waals surface area contributed by atoms with Crippen molar-refractivity contribution < 1.29 is 4.79 Å². The molecular weight excluding hydrogens is 432 g/mol. The number of hydrogen-bond acceptors (Lipinski definition) is 6.